The number of sulfonamides is 1. The van der Waals surface area contributed by atoms with Gasteiger partial charge in [0, 0.05) is 18.8 Å². The Labute approximate surface area is 119 Å². The Morgan fingerprint density at radius 3 is 2.68 bits per heavy atom. The Kier molecular flexibility index (Phi) is 4.38. The van der Waals surface area contributed by atoms with Crippen LogP contribution in [0.1, 0.15) is 26.2 Å². The molecule has 1 aliphatic carbocycles. The van der Waals surface area contributed by atoms with E-state index < -0.39 is 10.0 Å². The van der Waals surface area contributed by atoms with Gasteiger partial charge in [-0.2, -0.15) is 4.31 Å². The van der Waals surface area contributed by atoms with Gasteiger partial charge in [0.15, 0.2) is 0 Å². The molecule has 0 heterocycles. The third kappa shape index (κ3) is 3.41. The highest BCUT2D eigenvalue weighted by Crippen LogP contribution is 2.33. The second-order valence-electron chi connectivity index (χ2n) is 5.00. The summed E-state index contributed by atoms with van der Waals surface area (Å²) in [5, 5.41) is 0.228. The second-order valence-corrected chi connectivity index (χ2v) is 7.31. The summed E-state index contributed by atoms with van der Waals surface area (Å²) in [5.41, 5.74) is 6.08. The van der Waals surface area contributed by atoms with E-state index in [1.54, 1.807) is 6.07 Å². The molecule has 4 nitrogen and oxygen atoms in total. The maximum atomic E-state index is 12.6. The van der Waals surface area contributed by atoms with Crippen molar-refractivity contribution in [3.8, 4) is 0 Å². The molecule has 0 spiro atoms. The summed E-state index contributed by atoms with van der Waals surface area (Å²) in [6.07, 6.45) is 3.01. The molecule has 2 rings (SSSR count). The van der Waals surface area contributed by atoms with Gasteiger partial charge in [-0.15, -0.1) is 0 Å². The van der Waals surface area contributed by atoms with Crippen molar-refractivity contribution in [3.05, 3.63) is 23.2 Å². The molecule has 19 heavy (non-hydrogen) atoms. The van der Waals surface area contributed by atoms with Gasteiger partial charge in [-0.1, -0.05) is 18.5 Å². The maximum Gasteiger partial charge on any atom is 0.244 e. The van der Waals surface area contributed by atoms with Crippen molar-refractivity contribution < 1.29 is 8.42 Å². The smallest absolute Gasteiger partial charge is 0.244 e. The highest BCUT2D eigenvalue weighted by Gasteiger charge is 2.32. The quantitative estimate of drug-likeness (QED) is 0.822. The lowest BCUT2D eigenvalue weighted by molar-refractivity contribution is 0.396. The summed E-state index contributed by atoms with van der Waals surface area (Å²) in [4.78, 5) is 0.114. The zero-order valence-electron chi connectivity index (χ0n) is 11.0. The second kappa shape index (κ2) is 5.69. The molecule has 1 saturated carbocycles. The molecule has 0 aliphatic heterocycles. The van der Waals surface area contributed by atoms with E-state index in [1.165, 1.54) is 16.4 Å². The minimum absolute atomic E-state index is 0.114. The SMILES string of the molecule is CCCN(CC1CC1)S(=O)(=O)c1cc(N)ccc1Cl. The van der Waals surface area contributed by atoms with Crippen LogP contribution in [0.2, 0.25) is 5.02 Å². The topological polar surface area (TPSA) is 63.4 Å². The number of nitrogens with two attached hydrogens (primary N) is 1. The summed E-state index contributed by atoms with van der Waals surface area (Å²) in [7, 11) is -3.55. The number of hydrogen-bond acceptors (Lipinski definition) is 3. The van der Waals surface area contributed by atoms with Crippen molar-refractivity contribution >= 4 is 27.3 Å². The number of nitrogens with zero attached hydrogens (tertiary/aromatic N) is 1. The predicted octanol–water partition coefficient (Wildman–Crippen LogP) is 2.73. The van der Waals surface area contributed by atoms with Crippen LogP contribution in [0.5, 0.6) is 0 Å². The van der Waals surface area contributed by atoms with Crippen LogP contribution in [0, 0.1) is 5.92 Å². The molecule has 1 aromatic rings. The number of benzene rings is 1. The number of halogens is 1. The van der Waals surface area contributed by atoms with Gasteiger partial charge in [0.1, 0.15) is 4.90 Å². The first-order valence-corrected chi connectivity index (χ1v) is 8.32. The molecular weight excluding hydrogens is 284 g/mol. The Hall–Kier alpha value is -0.780. The van der Waals surface area contributed by atoms with Crippen LogP contribution in [0.25, 0.3) is 0 Å². The van der Waals surface area contributed by atoms with Crippen LogP contribution in [0.3, 0.4) is 0 Å². The van der Waals surface area contributed by atoms with Crippen molar-refractivity contribution in [2.45, 2.75) is 31.1 Å². The first-order chi connectivity index (χ1) is 8.95. The van der Waals surface area contributed by atoms with Crippen molar-refractivity contribution in [2.75, 3.05) is 18.8 Å². The molecule has 0 atom stereocenters. The molecule has 0 radical (unpaired) electrons. The van der Waals surface area contributed by atoms with E-state index in [1.807, 2.05) is 6.92 Å². The van der Waals surface area contributed by atoms with Crippen LogP contribution < -0.4 is 5.73 Å². The van der Waals surface area contributed by atoms with Gasteiger partial charge in [-0.05, 0) is 43.4 Å². The lowest BCUT2D eigenvalue weighted by atomic mass is 10.3. The third-order valence-corrected chi connectivity index (χ3v) is 5.55. The van der Waals surface area contributed by atoms with Crippen LogP contribution in [-0.4, -0.2) is 25.8 Å². The number of hydrogen-bond donors (Lipinski definition) is 1. The summed E-state index contributed by atoms with van der Waals surface area (Å²) < 4.78 is 26.8. The average molecular weight is 303 g/mol. The van der Waals surface area contributed by atoms with Gasteiger partial charge < -0.3 is 5.73 Å². The number of anilines is 1. The normalized spacial score (nSPS) is 15.9. The van der Waals surface area contributed by atoms with Crippen molar-refractivity contribution in [3.63, 3.8) is 0 Å². The van der Waals surface area contributed by atoms with Gasteiger partial charge in [0.2, 0.25) is 10.0 Å². The minimum Gasteiger partial charge on any atom is -0.399 e. The Morgan fingerprint density at radius 1 is 1.42 bits per heavy atom. The highest BCUT2D eigenvalue weighted by molar-refractivity contribution is 7.89. The maximum absolute atomic E-state index is 12.6. The molecule has 1 aliphatic rings. The first-order valence-electron chi connectivity index (χ1n) is 6.50. The first kappa shape index (κ1) is 14.6. The van der Waals surface area contributed by atoms with Gasteiger partial charge >= 0.3 is 0 Å². The fraction of sp³-hybridized carbons (Fsp3) is 0.538. The lowest BCUT2D eigenvalue weighted by Gasteiger charge is -2.22. The molecule has 0 aromatic heterocycles. The van der Waals surface area contributed by atoms with Crippen LogP contribution >= 0.6 is 11.6 Å². The average Bonchev–Trinajstić information content (AvgIpc) is 3.15. The van der Waals surface area contributed by atoms with E-state index in [9.17, 15) is 8.42 Å². The summed E-state index contributed by atoms with van der Waals surface area (Å²) >= 11 is 6.02. The summed E-state index contributed by atoms with van der Waals surface area (Å²) in [6.45, 7) is 3.07. The Bertz CT molecular complexity index is 556. The molecule has 0 unspecified atom stereocenters. The molecule has 6 heteroatoms. The molecule has 2 N–H and O–H groups in total. The van der Waals surface area contributed by atoms with E-state index in [0.717, 1.165) is 19.3 Å². The van der Waals surface area contributed by atoms with Crippen molar-refractivity contribution in [1.29, 1.82) is 0 Å². The largest absolute Gasteiger partial charge is 0.399 e. The monoisotopic (exact) mass is 302 g/mol. The molecule has 1 aromatic carbocycles. The van der Waals surface area contributed by atoms with Crippen LogP contribution in [0.15, 0.2) is 23.1 Å². The zero-order valence-corrected chi connectivity index (χ0v) is 12.5. The molecule has 0 saturated heterocycles. The Balaban J connectivity index is 2.34. The lowest BCUT2D eigenvalue weighted by Crippen LogP contribution is -2.33. The van der Waals surface area contributed by atoms with Crippen LogP contribution in [-0.2, 0) is 10.0 Å². The molecule has 0 bridgehead atoms. The van der Waals surface area contributed by atoms with Gasteiger partial charge in [0.05, 0.1) is 5.02 Å². The number of rotatable bonds is 6. The third-order valence-electron chi connectivity index (χ3n) is 3.20. The molecular formula is C13H19ClN2O2S. The van der Waals surface area contributed by atoms with E-state index in [-0.39, 0.29) is 9.92 Å². The summed E-state index contributed by atoms with van der Waals surface area (Å²) in [5.74, 6) is 0.501. The molecule has 0 amide bonds. The molecule has 106 valence electrons. The zero-order chi connectivity index (χ0) is 14.0. The highest BCUT2D eigenvalue weighted by atomic mass is 35.5. The van der Waals surface area contributed by atoms with E-state index in [2.05, 4.69) is 0 Å². The minimum atomic E-state index is -3.55. The van der Waals surface area contributed by atoms with E-state index >= 15 is 0 Å². The summed E-state index contributed by atoms with van der Waals surface area (Å²) in [6, 6.07) is 4.57. The van der Waals surface area contributed by atoms with Gasteiger partial charge in [0.25, 0.3) is 0 Å². The fourth-order valence-corrected chi connectivity index (χ4v) is 4.12. The van der Waals surface area contributed by atoms with Crippen molar-refractivity contribution in [2.24, 2.45) is 5.92 Å². The van der Waals surface area contributed by atoms with Crippen molar-refractivity contribution in [1.82, 2.24) is 4.31 Å². The van der Waals surface area contributed by atoms with E-state index in [4.69, 9.17) is 17.3 Å². The molecule has 1 fully saturated rings. The van der Waals surface area contributed by atoms with E-state index in [0.29, 0.717) is 24.7 Å². The van der Waals surface area contributed by atoms with Gasteiger partial charge in [-0.3, -0.25) is 0 Å². The van der Waals surface area contributed by atoms with Crippen LogP contribution in [0.4, 0.5) is 5.69 Å². The Morgan fingerprint density at radius 2 is 2.11 bits per heavy atom. The number of nitrogen functional groups attached to an aromatic ring is 1. The van der Waals surface area contributed by atoms with Gasteiger partial charge in [-0.25, -0.2) is 8.42 Å². The fourth-order valence-electron chi connectivity index (χ4n) is 2.00. The standard InChI is InChI=1S/C13H19ClN2O2S/c1-2-7-16(9-10-3-4-10)19(17,18)13-8-11(15)5-6-12(13)14/h5-6,8,10H,2-4,7,9,15H2,1H3. The predicted molar refractivity (Wildman–Crippen MR) is 77.6 cm³/mol.